The highest BCUT2D eigenvalue weighted by Gasteiger charge is 2.22. The van der Waals surface area contributed by atoms with Gasteiger partial charge < -0.3 is 10.1 Å². The summed E-state index contributed by atoms with van der Waals surface area (Å²) >= 11 is 1.40. The van der Waals surface area contributed by atoms with Gasteiger partial charge in [-0.3, -0.25) is 14.6 Å². The van der Waals surface area contributed by atoms with E-state index in [1.165, 1.54) is 27.7 Å². The fourth-order valence-corrected chi connectivity index (χ4v) is 5.03. The molecule has 4 rings (SSSR count). The minimum Gasteiger partial charge on any atom is -0.462 e. The number of aryl methyl sites for hydroxylation is 1. The molecular weight excluding hydrogens is 422 g/mol. The third-order valence-corrected chi connectivity index (χ3v) is 6.68. The molecule has 6 nitrogen and oxygen atoms in total. The van der Waals surface area contributed by atoms with Gasteiger partial charge in [0.05, 0.1) is 18.7 Å². The molecule has 0 saturated carbocycles. The summed E-state index contributed by atoms with van der Waals surface area (Å²) < 4.78 is 5.10. The molecule has 1 saturated heterocycles. The second-order valence-electron chi connectivity index (χ2n) is 8.06. The molecule has 0 bridgehead atoms. The number of anilines is 1. The monoisotopic (exact) mass is 451 g/mol. The molecule has 1 aliphatic heterocycles. The first-order valence-electron chi connectivity index (χ1n) is 11.0. The number of nitrogens with zero attached hydrogens (tertiary/aromatic N) is 2. The van der Waals surface area contributed by atoms with Gasteiger partial charge in [0.2, 0.25) is 5.91 Å². The minimum absolute atomic E-state index is 0.0973. The van der Waals surface area contributed by atoms with Gasteiger partial charge in [0.15, 0.2) is 0 Å². The number of carbonyl (C=O) groups excluding carboxylic acids is 2. The Kier molecular flexibility index (Phi) is 7.19. The maximum absolute atomic E-state index is 12.6. The predicted octanol–water partition coefficient (Wildman–Crippen LogP) is 4.14. The first kappa shape index (κ1) is 22.5. The summed E-state index contributed by atoms with van der Waals surface area (Å²) in [6, 6.07) is 16.7. The van der Waals surface area contributed by atoms with Gasteiger partial charge in [0.25, 0.3) is 0 Å². The van der Waals surface area contributed by atoms with Crippen molar-refractivity contribution in [3.63, 3.8) is 0 Å². The molecular formula is C25H29N3O3S. The molecule has 2 heterocycles. The van der Waals surface area contributed by atoms with Crippen LogP contribution in [0.15, 0.2) is 48.5 Å². The van der Waals surface area contributed by atoms with Gasteiger partial charge in [-0.25, -0.2) is 4.79 Å². The van der Waals surface area contributed by atoms with Gasteiger partial charge in [0, 0.05) is 37.6 Å². The number of ether oxygens (including phenoxy) is 1. The zero-order valence-corrected chi connectivity index (χ0v) is 19.4. The van der Waals surface area contributed by atoms with E-state index >= 15 is 0 Å². The molecule has 168 valence electrons. The highest BCUT2D eigenvalue weighted by atomic mass is 32.1. The third kappa shape index (κ3) is 5.35. The number of amides is 1. The zero-order valence-electron chi connectivity index (χ0n) is 18.6. The summed E-state index contributed by atoms with van der Waals surface area (Å²) in [5.41, 5.74) is 1.77. The van der Waals surface area contributed by atoms with E-state index in [-0.39, 0.29) is 5.91 Å². The Morgan fingerprint density at radius 1 is 1.03 bits per heavy atom. The van der Waals surface area contributed by atoms with E-state index in [1.54, 1.807) is 13.0 Å². The number of thiophene rings is 1. The largest absolute Gasteiger partial charge is 0.462 e. The summed E-state index contributed by atoms with van der Waals surface area (Å²) in [6.45, 7) is 8.75. The van der Waals surface area contributed by atoms with Crippen molar-refractivity contribution in [1.82, 2.24) is 9.80 Å². The molecule has 0 spiro atoms. The molecule has 1 aromatic heterocycles. The summed E-state index contributed by atoms with van der Waals surface area (Å²) in [4.78, 5) is 30.3. The predicted molar refractivity (Wildman–Crippen MR) is 129 cm³/mol. The fourth-order valence-electron chi connectivity index (χ4n) is 4.11. The molecule has 3 aromatic rings. The molecule has 1 N–H and O–H groups in total. The maximum Gasteiger partial charge on any atom is 0.341 e. The number of fused-ring (bicyclic) bond motifs is 1. The van der Waals surface area contributed by atoms with E-state index in [4.69, 9.17) is 4.74 Å². The van der Waals surface area contributed by atoms with Gasteiger partial charge in [-0.1, -0.05) is 42.5 Å². The fraction of sp³-hybridized carbons (Fsp3) is 0.360. The van der Waals surface area contributed by atoms with Crippen LogP contribution in [-0.4, -0.2) is 61.0 Å². The molecule has 0 aliphatic carbocycles. The lowest BCUT2D eigenvalue weighted by atomic mass is 10.0. The lowest BCUT2D eigenvalue weighted by Gasteiger charge is -2.34. The van der Waals surface area contributed by atoms with Crippen molar-refractivity contribution in [2.45, 2.75) is 20.4 Å². The molecule has 7 heteroatoms. The van der Waals surface area contributed by atoms with Crippen molar-refractivity contribution in [3.05, 3.63) is 64.5 Å². The first-order valence-corrected chi connectivity index (χ1v) is 11.8. The smallest absolute Gasteiger partial charge is 0.341 e. The summed E-state index contributed by atoms with van der Waals surface area (Å²) in [7, 11) is 0. The van der Waals surface area contributed by atoms with E-state index < -0.39 is 5.97 Å². The van der Waals surface area contributed by atoms with Crippen molar-refractivity contribution in [2.75, 3.05) is 44.6 Å². The topological polar surface area (TPSA) is 61.9 Å². The average molecular weight is 452 g/mol. The molecule has 2 aromatic carbocycles. The van der Waals surface area contributed by atoms with Gasteiger partial charge in [-0.15, -0.1) is 11.3 Å². The Labute approximate surface area is 192 Å². The van der Waals surface area contributed by atoms with Gasteiger partial charge in [0.1, 0.15) is 5.00 Å². The average Bonchev–Trinajstić information content (AvgIpc) is 3.15. The van der Waals surface area contributed by atoms with Crippen LogP contribution in [-0.2, 0) is 16.1 Å². The summed E-state index contributed by atoms with van der Waals surface area (Å²) in [6.07, 6.45) is 0. The highest BCUT2D eigenvalue weighted by molar-refractivity contribution is 7.16. The molecule has 0 radical (unpaired) electrons. The highest BCUT2D eigenvalue weighted by Crippen LogP contribution is 2.28. The number of hydrogen-bond donors (Lipinski definition) is 1. The van der Waals surface area contributed by atoms with Crippen LogP contribution < -0.4 is 5.32 Å². The van der Waals surface area contributed by atoms with E-state index in [9.17, 15) is 9.59 Å². The number of hydrogen-bond acceptors (Lipinski definition) is 6. The summed E-state index contributed by atoms with van der Waals surface area (Å²) in [5.74, 6) is -0.492. The molecule has 0 unspecified atom stereocenters. The Hall–Kier alpha value is -2.74. The Morgan fingerprint density at radius 3 is 2.53 bits per heavy atom. The van der Waals surface area contributed by atoms with E-state index in [2.05, 4.69) is 57.6 Å². The van der Waals surface area contributed by atoms with Crippen molar-refractivity contribution in [1.29, 1.82) is 0 Å². The van der Waals surface area contributed by atoms with Gasteiger partial charge >= 0.3 is 5.97 Å². The second-order valence-corrected chi connectivity index (χ2v) is 9.32. The number of carbonyl (C=O) groups is 2. The van der Waals surface area contributed by atoms with Crippen molar-refractivity contribution in [2.24, 2.45) is 0 Å². The SMILES string of the molecule is CCOC(=O)c1cc(C)sc1NC(=O)CN1CCN(Cc2cccc3ccccc23)CC1. The quantitative estimate of drug-likeness (QED) is 0.547. The number of piperazine rings is 1. The van der Waals surface area contributed by atoms with Crippen molar-refractivity contribution in [3.8, 4) is 0 Å². The standard InChI is InChI=1S/C25H29N3O3S/c1-3-31-25(30)22-15-18(2)32-24(22)26-23(29)17-28-13-11-27(12-14-28)16-20-9-6-8-19-7-4-5-10-21(19)20/h4-10,15H,3,11-14,16-17H2,1-2H3,(H,26,29). The lowest BCUT2D eigenvalue weighted by Crippen LogP contribution is -2.48. The second kappa shape index (κ2) is 10.3. The molecule has 32 heavy (non-hydrogen) atoms. The van der Waals surface area contributed by atoms with Crippen LogP contribution in [0.4, 0.5) is 5.00 Å². The van der Waals surface area contributed by atoms with E-state index in [0.717, 1.165) is 37.6 Å². The number of nitrogens with one attached hydrogen (secondary N) is 1. The number of rotatable bonds is 7. The number of benzene rings is 2. The Morgan fingerprint density at radius 2 is 1.75 bits per heavy atom. The molecule has 1 fully saturated rings. The molecule has 1 aliphatic rings. The van der Waals surface area contributed by atoms with Crippen LogP contribution in [0, 0.1) is 6.92 Å². The Balaban J connectivity index is 1.30. The van der Waals surface area contributed by atoms with E-state index in [1.807, 2.05) is 6.92 Å². The normalized spacial score (nSPS) is 15.1. The number of esters is 1. The van der Waals surface area contributed by atoms with Crippen molar-refractivity contribution < 1.29 is 14.3 Å². The van der Waals surface area contributed by atoms with Crippen LogP contribution in [0.5, 0.6) is 0 Å². The minimum atomic E-state index is -0.394. The van der Waals surface area contributed by atoms with Gasteiger partial charge in [-0.05, 0) is 36.2 Å². The zero-order chi connectivity index (χ0) is 22.5. The van der Waals surface area contributed by atoms with Crippen molar-refractivity contribution >= 4 is 39.0 Å². The van der Waals surface area contributed by atoms with Crippen LogP contribution in [0.25, 0.3) is 10.8 Å². The maximum atomic E-state index is 12.6. The molecule has 1 amide bonds. The molecule has 0 atom stereocenters. The van der Waals surface area contributed by atoms with Crippen LogP contribution >= 0.6 is 11.3 Å². The lowest BCUT2D eigenvalue weighted by molar-refractivity contribution is -0.117. The summed E-state index contributed by atoms with van der Waals surface area (Å²) in [5, 5.41) is 6.06. The Bertz CT molecular complexity index is 1100. The third-order valence-electron chi connectivity index (χ3n) is 5.71. The van der Waals surface area contributed by atoms with Gasteiger partial charge in [-0.2, -0.15) is 0 Å². The van der Waals surface area contributed by atoms with Crippen LogP contribution in [0.2, 0.25) is 0 Å². The van der Waals surface area contributed by atoms with E-state index in [0.29, 0.717) is 23.7 Å². The first-order chi connectivity index (χ1) is 15.5. The van der Waals surface area contributed by atoms with Crippen LogP contribution in [0.3, 0.4) is 0 Å². The van der Waals surface area contributed by atoms with Crippen LogP contribution in [0.1, 0.15) is 27.7 Å².